The molecule has 7 nitrogen and oxygen atoms in total. The van der Waals surface area contributed by atoms with E-state index < -0.39 is 5.97 Å². The number of hydrogen-bond acceptors (Lipinski definition) is 5. The molecule has 1 aromatic heterocycles. The lowest BCUT2D eigenvalue weighted by Crippen LogP contribution is -2.29. The molecule has 0 aliphatic carbocycles. The topological polar surface area (TPSA) is 92.9 Å². The van der Waals surface area contributed by atoms with Gasteiger partial charge in [0.05, 0.1) is 6.42 Å². The molecule has 1 unspecified atom stereocenters. The molecule has 0 amide bonds. The van der Waals surface area contributed by atoms with E-state index in [9.17, 15) is 4.79 Å². The molecule has 0 radical (unpaired) electrons. The minimum absolute atomic E-state index is 0.0462. The Morgan fingerprint density at radius 3 is 2.67 bits per heavy atom. The molecule has 0 bridgehead atoms. The molecule has 2 N–H and O–H groups in total. The van der Waals surface area contributed by atoms with Gasteiger partial charge >= 0.3 is 5.97 Å². The monoisotopic (exact) mass is 213 g/mol. The van der Waals surface area contributed by atoms with Crippen LogP contribution in [0.25, 0.3) is 0 Å². The predicted octanol–water partition coefficient (Wildman–Crippen LogP) is 0.121. The number of aryl methyl sites for hydroxylation is 1. The summed E-state index contributed by atoms with van der Waals surface area (Å²) in [6, 6.07) is -0.174. The van der Waals surface area contributed by atoms with Crippen LogP contribution in [0.1, 0.15) is 20.3 Å². The highest BCUT2D eigenvalue weighted by Gasteiger charge is 2.18. The van der Waals surface area contributed by atoms with Gasteiger partial charge in [0, 0.05) is 13.1 Å². The molecule has 84 valence electrons. The third-order valence-corrected chi connectivity index (χ3v) is 2.13. The summed E-state index contributed by atoms with van der Waals surface area (Å²) in [5, 5.41) is 22.6. The van der Waals surface area contributed by atoms with Crippen molar-refractivity contribution in [3.63, 3.8) is 0 Å². The number of aliphatic carboxylic acids is 1. The van der Waals surface area contributed by atoms with Gasteiger partial charge in [0.2, 0.25) is 5.95 Å². The van der Waals surface area contributed by atoms with Crippen LogP contribution < -0.4 is 5.32 Å². The summed E-state index contributed by atoms with van der Waals surface area (Å²) in [7, 11) is 1.69. The average Bonchev–Trinajstić information content (AvgIpc) is 2.50. The van der Waals surface area contributed by atoms with E-state index in [1.807, 2.05) is 13.8 Å². The summed E-state index contributed by atoms with van der Waals surface area (Å²) in [6.45, 7) is 3.90. The zero-order valence-electron chi connectivity index (χ0n) is 9.01. The summed E-state index contributed by atoms with van der Waals surface area (Å²) >= 11 is 0. The van der Waals surface area contributed by atoms with Crippen LogP contribution in [0, 0.1) is 5.92 Å². The first-order valence-electron chi connectivity index (χ1n) is 4.71. The number of nitrogens with zero attached hydrogens (tertiary/aromatic N) is 4. The first kappa shape index (κ1) is 11.4. The van der Waals surface area contributed by atoms with Gasteiger partial charge in [-0.25, -0.2) is 4.68 Å². The highest BCUT2D eigenvalue weighted by atomic mass is 16.4. The lowest BCUT2D eigenvalue weighted by Gasteiger charge is -2.20. The van der Waals surface area contributed by atoms with Gasteiger partial charge in [-0.2, -0.15) is 0 Å². The second-order valence-electron chi connectivity index (χ2n) is 3.72. The highest BCUT2D eigenvalue weighted by molar-refractivity contribution is 5.68. The van der Waals surface area contributed by atoms with Crippen molar-refractivity contribution in [1.29, 1.82) is 0 Å². The van der Waals surface area contributed by atoms with Crippen LogP contribution >= 0.6 is 0 Å². The van der Waals surface area contributed by atoms with Crippen LogP contribution in [0.5, 0.6) is 0 Å². The normalized spacial score (nSPS) is 12.8. The molecule has 1 aromatic rings. The Bertz CT molecular complexity index is 336. The zero-order valence-corrected chi connectivity index (χ0v) is 9.01. The molecular formula is C8H15N5O2. The van der Waals surface area contributed by atoms with Crippen LogP contribution in [-0.4, -0.2) is 37.3 Å². The average molecular weight is 213 g/mol. The van der Waals surface area contributed by atoms with E-state index in [-0.39, 0.29) is 18.4 Å². The van der Waals surface area contributed by atoms with Crippen molar-refractivity contribution >= 4 is 11.9 Å². The molecule has 1 rings (SSSR count). The van der Waals surface area contributed by atoms with Crippen molar-refractivity contribution in [2.75, 3.05) is 5.32 Å². The van der Waals surface area contributed by atoms with E-state index in [1.54, 1.807) is 7.05 Å². The van der Waals surface area contributed by atoms with Crippen LogP contribution in [0.4, 0.5) is 5.95 Å². The Kier molecular flexibility index (Phi) is 3.59. The fourth-order valence-corrected chi connectivity index (χ4v) is 1.16. The number of nitrogens with one attached hydrogen (secondary N) is 1. The van der Waals surface area contributed by atoms with E-state index in [0.717, 1.165) is 0 Å². The maximum atomic E-state index is 10.6. The molecule has 0 spiro atoms. The smallest absolute Gasteiger partial charge is 0.305 e. The van der Waals surface area contributed by atoms with Gasteiger partial charge in [0.25, 0.3) is 0 Å². The molecule has 0 aliphatic rings. The molecule has 0 aliphatic heterocycles. The van der Waals surface area contributed by atoms with E-state index in [4.69, 9.17) is 5.11 Å². The summed E-state index contributed by atoms with van der Waals surface area (Å²) in [4.78, 5) is 10.6. The first-order chi connectivity index (χ1) is 7.00. The molecule has 15 heavy (non-hydrogen) atoms. The number of hydrogen-bond donors (Lipinski definition) is 2. The van der Waals surface area contributed by atoms with Gasteiger partial charge in [-0.15, -0.1) is 0 Å². The Morgan fingerprint density at radius 2 is 2.27 bits per heavy atom. The van der Waals surface area contributed by atoms with Gasteiger partial charge in [-0.05, 0) is 16.3 Å². The number of carboxylic acid groups (broad SMARTS) is 1. The van der Waals surface area contributed by atoms with Crippen molar-refractivity contribution in [3.8, 4) is 0 Å². The zero-order chi connectivity index (χ0) is 11.4. The second kappa shape index (κ2) is 4.72. The summed E-state index contributed by atoms with van der Waals surface area (Å²) < 4.78 is 1.47. The number of aromatic nitrogens is 4. The van der Waals surface area contributed by atoms with Crippen molar-refractivity contribution in [3.05, 3.63) is 0 Å². The van der Waals surface area contributed by atoms with Crippen LogP contribution in [-0.2, 0) is 11.8 Å². The number of carboxylic acids is 1. The molecule has 0 fully saturated rings. The van der Waals surface area contributed by atoms with Crippen molar-refractivity contribution < 1.29 is 9.90 Å². The SMILES string of the molecule is CC(C)C(CC(=O)O)Nc1nnnn1C. The number of carbonyl (C=O) groups is 1. The fraction of sp³-hybridized carbons (Fsp3) is 0.750. The van der Waals surface area contributed by atoms with E-state index >= 15 is 0 Å². The predicted molar refractivity (Wildman–Crippen MR) is 53.3 cm³/mol. The molecule has 0 saturated heterocycles. The van der Waals surface area contributed by atoms with Crippen molar-refractivity contribution in [2.45, 2.75) is 26.3 Å². The van der Waals surface area contributed by atoms with E-state index in [2.05, 4.69) is 20.8 Å². The Labute approximate surface area is 87.5 Å². The summed E-state index contributed by atoms with van der Waals surface area (Å²) in [6.07, 6.45) is 0.0462. The number of rotatable bonds is 5. The number of tetrazole rings is 1. The Morgan fingerprint density at radius 1 is 1.60 bits per heavy atom. The van der Waals surface area contributed by atoms with Crippen LogP contribution in [0.3, 0.4) is 0 Å². The Hall–Kier alpha value is -1.66. The number of anilines is 1. The molecule has 0 aromatic carbocycles. The Balaban J connectivity index is 2.67. The van der Waals surface area contributed by atoms with Crippen molar-refractivity contribution in [1.82, 2.24) is 20.2 Å². The quantitative estimate of drug-likeness (QED) is 0.721. The molecule has 1 atom stereocenters. The molecule has 1 heterocycles. The first-order valence-corrected chi connectivity index (χ1v) is 4.71. The second-order valence-corrected chi connectivity index (χ2v) is 3.72. The van der Waals surface area contributed by atoms with Crippen molar-refractivity contribution in [2.24, 2.45) is 13.0 Å². The summed E-state index contributed by atoms with van der Waals surface area (Å²) in [5.74, 6) is -0.163. The molecular weight excluding hydrogens is 198 g/mol. The van der Waals surface area contributed by atoms with Gasteiger partial charge in [-0.3, -0.25) is 4.79 Å². The lowest BCUT2D eigenvalue weighted by molar-refractivity contribution is -0.137. The van der Waals surface area contributed by atoms with Crippen LogP contribution in [0.2, 0.25) is 0 Å². The van der Waals surface area contributed by atoms with E-state index in [1.165, 1.54) is 4.68 Å². The van der Waals surface area contributed by atoms with Gasteiger partial charge in [0.1, 0.15) is 0 Å². The standard InChI is InChI=1S/C8H15N5O2/c1-5(2)6(4-7(14)15)9-8-10-11-12-13(8)3/h5-6H,4H2,1-3H3,(H,14,15)(H,9,10,12). The largest absolute Gasteiger partial charge is 0.481 e. The minimum Gasteiger partial charge on any atom is -0.481 e. The van der Waals surface area contributed by atoms with Crippen LogP contribution in [0.15, 0.2) is 0 Å². The van der Waals surface area contributed by atoms with Gasteiger partial charge in [-0.1, -0.05) is 18.9 Å². The maximum absolute atomic E-state index is 10.6. The van der Waals surface area contributed by atoms with Gasteiger partial charge in [0.15, 0.2) is 0 Å². The maximum Gasteiger partial charge on any atom is 0.305 e. The fourth-order valence-electron chi connectivity index (χ4n) is 1.16. The summed E-state index contributed by atoms with van der Waals surface area (Å²) in [5.41, 5.74) is 0. The van der Waals surface area contributed by atoms with Gasteiger partial charge < -0.3 is 10.4 Å². The third-order valence-electron chi connectivity index (χ3n) is 2.13. The molecule has 7 heteroatoms. The highest BCUT2D eigenvalue weighted by Crippen LogP contribution is 2.11. The molecule has 0 saturated carbocycles. The minimum atomic E-state index is -0.837. The lowest BCUT2D eigenvalue weighted by atomic mass is 10.0. The van der Waals surface area contributed by atoms with E-state index in [0.29, 0.717) is 5.95 Å². The third kappa shape index (κ3) is 3.19.